The summed E-state index contributed by atoms with van der Waals surface area (Å²) in [6.07, 6.45) is 2.21. The highest BCUT2D eigenvalue weighted by molar-refractivity contribution is 5.78. The molecule has 0 radical (unpaired) electrons. The van der Waals surface area contributed by atoms with Crippen LogP contribution in [0.4, 0.5) is 4.39 Å². The minimum Gasteiger partial charge on any atom is -0.351 e. The van der Waals surface area contributed by atoms with Gasteiger partial charge in [0.2, 0.25) is 5.91 Å². The third kappa shape index (κ3) is 4.01. The zero-order valence-electron chi connectivity index (χ0n) is 14.0. The van der Waals surface area contributed by atoms with Crippen molar-refractivity contribution in [1.29, 1.82) is 0 Å². The van der Waals surface area contributed by atoms with Gasteiger partial charge in [0.15, 0.2) is 0 Å². The topological polar surface area (TPSA) is 32.3 Å². The lowest BCUT2D eigenvalue weighted by Gasteiger charge is -2.25. The zero-order chi connectivity index (χ0) is 16.9. The fraction of sp³-hybridized carbons (Fsp3) is 0.350. The number of amides is 1. The molecule has 0 spiro atoms. The van der Waals surface area contributed by atoms with Gasteiger partial charge >= 0.3 is 0 Å². The van der Waals surface area contributed by atoms with Crippen molar-refractivity contribution < 1.29 is 9.18 Å². The van der Waals surface area contributed by atoms with Crippen molar-refractivity contribution in [3.63, 3.8) is 0 Å². The molecule has 2 aromatic carbocycles. The second-order valence-electron chi connectivity index (χ2n) is 6.39. The largest absolute Gasteiger partial charge is 0.351 e. The summed E-state index contributed by atoms with van der Waals surface area (Å²) < 4.78 is 12.9. The third-order valence-corrected chi connectivity index (χ3v) is 4.66. The van der Waals surface area contributed by atoms with Crippen molar-refractivity contribution in [3.05, 3.63) is 71.0 Å². The lowest BCUT2D eigenvalue weighted by molar-refractivity contribution is -0.122. The van der Waals surface area contributed by atoms with E-state index in [4.69, 9.17) is 0 Å². The van der Waals surface area contributed by atoms with Crippen LogP contribution < -0.4 is 5.32 Å². The van der Waals surface area contributed by atoms with Crippen LogP contribution >= 0.6 is 0 Å². The number of aryl methyl sites for hydroxylation is 1. The molecular formula is C20H23FN2O. The van der Waals surface area contributed by atoms with Crippen LogP contribution in [0.2, 0.25) is 0 Å². The Bertz CT molecular complexity index is 699. The smallest absolute Gasteiger partial charge is 0.234 e. The van der Waals surface area contributed by atoms with Crippen LogP contribution in [-0.2, 0) is 11.3 Å². The summed E-state index contributed by atoms with van der Waals surface area (Å²) in [4.78, 5) is 14.5. The Morgan fingerprint density at radius 2 is 1.96 bits per heavy atom. The molecule has 24 heavy (non-hydrogen) atoms. The van der Waals surface area contributed by atoms with Gasteiger partial charge in [-0.05, 0) is 55.1 Å². The molecule has 1 fully saturated rings. The van der Waals surface area contributed by atoms with E-state index in [9.17, 15) is 9.18 Å². The van der Waals surface area contributed by atoms with Gasteiger partial charge in [-0.25, -0.2) is 4.39 Å². The normalized spacial score (nSPS) is 17.8. The maximum absolute atomic E-state index is 12.9. The van der Waals surface area contributed by atoms with Crippen LogP contribution in [0, 0.1) is 12.7 Å². The number of likely N-dealkylation sites (tertiary alicyclic amines) is 1. The van der Waals surface area contributed by atoms with Gasteiger partial charge in [0, 0.05) is 12.6 Å². The number of hydrogen-bond acceptors (Lipinski definition) is 2. The third-order valence-electron chi connectivity index (χ3n) is 4.66. The second kappa shape index (κ2) is 7.58. The monoisotopic (exact) mass is 326 g/mol. The number of carbonyl (C=O) groups excluding carboxylic acids is 1. The van der Waals surface area contributed by atoms with E-state index >= 15 is 0 Å². The molecule has 4 heteroatoms. The van der Waals surface area contributed by atoms with Gasteiger partial charge in [-0.2, -0.15) is 0 Å². The Morgan fingerprint density at radius 1 is 1.21 bits per heavy atom. The maximum Gasteiger partial charge on any atom is 0.234 e. The molecular weight excluding hydrogens is 303 g/mol. The molecule has 2 aromatic rings. The van der Waals surface area contributed by atoms with Crippen LogP contribution in [0.3, 0.4) is 0 Å². The van der Waals surface area contributed by atoms with E-state index in [-0.39, 0.29) is 11.7 Å². The summed E-state index contributed by atoms with van der Waals surface area (Å²) in [6, 6.07) is 14.9. The number of rotatable bonds is 5. The molecule has 1 amide bonds. The van der Waals surface area contributed by atoms with Crippen molar-refractivity contribution in [2.45, 2.75) is 32.4 Å². The first-order valence-corrected chi connectivity index (χ1v) is 8.44. The van der Waals surface area contributed by atoms with Crippen LogP contribution in [0.25, 0.3) is 0 Å². The molecule has 1 aliphatic rings. The molecule has 3 nitrogen and oxygen atoms in total. The first-order chi connectivity index (χ1) is 11.6. The minimum atomic E-state index is -0.261. The molecule has 3 rings (SSSR count). The van der Waals surface area contributed by atoms with Gasteiger partial charge in [-0.3, -0.25) is 9.69 Å². The molecule has 1 heterocycles. The fourth-order valence-corrected chi connectivity index (χ4v) is 3.37. The van der Waals surface area contributed by atoms with E-state index in [2.05, 4.69) is 35.3 Å². The van der Waals surface area contributed by atoms with Gasteiger partial charge in [0.1, 0.15) is 5.82 Å². The summed E-state index contributed by atoms with van der Waals surface area (Å²) in [5.41, 5.74) is 3.50. The SMILES string of the molecule is Cc1ccccc1C1CCCN1CC(=O)NCc1ccc(F)cc1. The molecule has 1 saturated heterocycles. The molecule has 1 unspecified atom stereocenters. The Balaban J connectivity index is 1.57. The van der Waals surface area contributed by atoms with E-state index < -0.39 is 0 Å². The van der Waals surface area contributed by atoms with Crippen LogP contribution in [-0.4, -0.2) is 23.9 Å². The quantitative estimate of drug-likeness (QED) is 0.911. The van der Waals surface area contributed by atoms with E-state index in [1.54, 1.807) is 12.1 Å². The number of halogens is 1. The highest BCUT2D eigenvalue weighted by Gasteiger charge is 2.28. The van der Waals surface area contributed by atoms with Crippen molar-refractivity contribution in [3.8, 4) is 0 Å². The van der Waals surface area contributed by atoms with E-state index in [1.165, 1.54) is 23.3 Å². The molecule has 0 aromatic heterocycles. The zero-order valence-corrected chi connectivity index (χ0v) is 14.0. The first-order valence-electron chi connectivity index (χ1n) is 8.44. The predicted octanol–water partition coefficient (Wildman–Crippen LogP) is 3.59. The van der Waals surface area contributed by atoms with Crippen molar-refractivity contribution in [2.24, 2.45) is 0 Å². The molecule has 0 aliphatic carbocycles. The second-order valence-corrected chi connectivity index (χ2v) is 6.39. The summed E-state index contributed by atoms with van der Waals surface area (Å²) in [5, 5.41) is 2.93. The number of nitrogens with zero attached hydrogens (tertiary/aromatic N) is 1. The summed E-state index contributed by atoms with van der Waals surface area (Å²) in [7, 11) is 0. The van der Waals surface area contributed by atoms with Crippen molar-refractivity contribution in [1.82, 2.24) is 10.2 Å². The Kier molecular flexibility index (Phi) is 5.26. The van der Waals surface area contributed by atoms with Crippen LogP contribution in [0.15, 0.2) is 48.5 Å². The predicted molar refractivity (Wildman–Crippen MR) is 93.0 cm³/mol. The van der Waals surface area contributed by atoms with E-state index in [0.29, 0.717) is 19.1 Å². The number of nitrogens with one attached hydrogen (secondary N) is 1. The van der Waals surface area contributed by atoms with E-state index in [0.717, 1.165) is 24.9 Å². The van der Waals surface area contributed by atoms with Crippen LogP contribution in [0.5, 0.6) is 0 Å². The molecule has 1 atom stereocenters. The first kappa shape index (κ1) is 16.7. The van der Waals surface area contributed by atoms with Gasteiger partial charge in [-0.15, -0.1) is 0 Å². The summed E-state index contributed by atoms with van der Waals surface area (Å²) >= 11 is 0. The van der Waals surface area contributed by atoms with E-state index in [1.807, 2.05) is 6.07 Å². The van der Waals surface area contributed by atoms with Gasteiger partial charge < -0.3 is 5.32 Å². The maximum atomic E-state index is 12.9. The lowest BCUT2D eigenvalue weighted by Crippen LogP contribution is -2.36. The number of carbonyl (C=O) groups is 1. The summed E-state index contributed by atoms with van der Waals surface area (Å²) in [5.74, 6) is -0.247. The molecule has 1 N–H and O–H groups in total. The Labute approximate surface area is 142 Å². The molecule has 126 valence electrons. The number of hydrogen-bond donors (Lipinski definition) is 1. The van der Waals surface area contributed by atoms with Crippen molar-refractivity contribution in [2.75, 3.05) is 13.1 Å². The number of benzene rings is 2. The highest BCUT2D eigenvalue weighted by Crippen LogP contribution is 2.33. The lowest BCUT2D eigenvalue weighted by atomic mass is 9.99. The van der Waals surface area contributed by atoms with Gasteiger partial charge in [-0.1, -0.05) is 36.4 Å². The highest BCUT2D eigenvalue weighted by atomic mass is 19.1. The molecule has 1 aliphatic heterocycles. The Hall–Kier alpha value is -2.20. The molecule has 0 bridgehead atoms. The van der Waals surface area contributed by atoms with Crippen LogP contribution in [0.1, 0.15) is 35.6 Å². The average molecular weight is 326 g/mol. The Morgan fingerprint density at radius 3 is 2.71 bits per heavy atom. The minimum absolute atomic E-state index is 0.0137. The van der Waals surface area contributed by atoms with Gasteiger partial charge in [0.05, 0.1) is 6.54 Å². The standard InChI is InChI=1S/C20H23FN2O/c1-15-5-2-3-6-18(15)19-7-4-12-23(19)14-20(24)22-13-16-8-10-17(21)11-9-16/h2-3,5-6,8-11,19H,4,7,12-14H2,1H3,(H,22,24). The molecule has 0 saturated carbocycles. The van der Waals surface area contributed by atoms with Gasteiger partial charge in [0.25, 0.3) is 0 Å². The van der Waals surface area contributed by atoms with Crippen molar-refractivity contribution >= 4 is 5.91 Å². The fourth-order valence-electron chi connectivity index (χ4n) is 3.37. The summed E-state index contributed by atoms with van der Waals surface area (Å²) in [6.45, 7) is 3.91. The average Bonchev–Trinajstić information content (AvgIpc) is 3.02.